The van der Waals surface area contributed by atoms with E-state index in [-0.39, 0.29) is 11.7 Å². The minimum absolute atomic E-state index is 0.0897. The number of methoxy groups -OCH3 is 1. The summed E-state index contributed by atoms with van der Waals surface area (Å²) in [6.07, 6.45) is 1.50. The first-order valence-electron chi connectivity index (χ1n) is 7.00. The molecule has 112 valence electrons. The van der Waals surface area contributed by atoms with Crippen LogP contribution in [0.2, 0.25) is 0 Å². The fourth-order valence-electron chi connectivity index (χ4n) is 2.54. The highest BCUT2D eigenvalue weighted by Crippen LogP contribution is 2.46. The summed E-state index contributed by atoms with van der Waals surface area (Å²) in [7, 11) is 1.51. The molecule has 21 heavy (non-hydrogen) atoms. The van der Waals surface area contributed by atoms with Crippen LogP contribution in [-0.2, 0) is 11.2 Å². The van der Waals surface area contributed by atoms with Crippen molar-refractivity contribution in [3.05, 3.63) is 29.3 Å². The molecule has 1 N–H and O–H groups in total. The fourth-order valence-corrected chi connectivity index (χ4v) is 2.54. The van der Waals surface area contributed by atoms with Gasteiger partial charge in [-0.05, 0) is 19.4 Å². The molecule has 0 atom stereocenters. The third-order valence-corrected chi connectivity index (χ3v) is 3.39. The van der Waals surface area contributed by atoms with E-state index in [0.717, 1.165) is 22.9 Å². The Bertz CT molecular complexity index is 689. The highest BCUT2D eigenvalue weighted by atomic mass is 16.5. The number of carbonyl (C=O) groups excluding carboxylic acids is 1. The van der Waals surface area contributed by atoms with Crippen molar-refractivity contribution in [3.8, 4) is 17.2 Å². The second kappa shape index (κ2) is 6.04. The molecule has 2 rings (SSSR count). The number of carbonyl (C=O) groups is 1. The van der Waals surface area contributed by atoms with Gasteiger partial charge in [-0.3, -0.25) is 4.79 Å². The molecule has 0 aliphatic rings. The Morgan fingerprint density at radius 1 is 1.24 bits per heavy atom. The number of hydrogen-bond donors (Lipinski definition) is 1. The maximum absolute atomic E-state index is 11.5. The van der Waals surface area contributed by atoms with Gasteiger partial charge in [-0.2, -0.15) is 0 Å². The molecule has 0 unspecified atom stereocenters. The minimum atomic E-state index is -0.386. The van der Waals surface area contributed by atoms with Crippen molar-refractivity contribution in [3.63, 3.8) is 0 Å². The van der Waals surface area contributed by atoms with Gasteiger partial charge in [0.1, 0.15) is 5.75 Å². The molecule has 0 saturated carbocycles. The van der Waals surface area contributed by atoms with Crippen LogP contribution in [0.1, 0.15) is 31.4 Å². The minimum Gasteiger partial charge on any atom is -0.504 e. The standard InChI is InChI=1S/C17H20O4/c1-5-6-13-16(21-11(3)18)14-9-10(2)7-8-12(14)15(19)17(13)20-4/h7-9,19H,5-6H2,1-4H3. The van der Waals surface area contributed by atoms with Gasteiger partial charge >= 0.3 is 5.97 Å². The molecule has 0 radical (unpaired) electrons. The van der Waals surface area contributed by atoms with Gasteiger partial charge < -0.3 is 14.6 Å². The van der Waals surface area contributed by atoms with Crippen molar-refractivity contribution in [1.29, 1.82) is 0 Å². The molecular formula is C17H20O4. The van der Waals surface area contributed by atoms with E-state index < -0.39 is 0 Å². The van der Waals surface area contributed by atoms with Gasteiger partial charge in [-0.25, -0.2) is 0 Å². The van der Waals surface area contributed by atoms with Gasteiger partial charge in [-0.15, -0.1) is 0 Å². The van der Waals surface area contributed by atoms with Crippen molar-refractivity contribution in [2.45, 2.75) is 33.6 Å². The number of rotatable bonds is 4. The number of esters is 1. The Morgan fingerprint density at radius 3 is 2.52 bits per heavy atom. The van der Waals surface area contributed by atoms with Crippen LogP contribution in [0.25, 0.3) is 10.8 Å². The number of aryl methyl sites for hydroxylation is 1. The molecular weight excluding hydrogens is 268 g/mol. The lowest BCUT2D eigenvalue weighted by atomic mass is 9.98. The van der Waals surface area contributed by atoms with Crippen LogP contribution in [0, 0.1) is 6.92 Å². The summed E-state index contributed by atoms with van der Waals surface area (Å²) in [6.45, 7) is 5.35. The molecule has 2 aromatic rings. The summed E-state index contributed by atoms with van der Waals surface area (Å²) in [5, 5.41) is 11.8. The highest BCUT2D eigenvalue weighted by molar-refractivity contribution is 5.98. The molecule has 0 spiro atoms. The van der Waals surface area contributed by atoms with E-state index in [4.69, 9.17) is 9.47 Å². The molecule has 0 saturated heterocycles. The van der Waals surface area contributed by atoms with Crippen LogP contribution in [0.4, 0.5) is 0 Å². The Labute approximate surface area is 124 Å². The summed E-state index contributed by atoms with van der Waals surface area (Å²) >= 11 is 0. The number of ether oxygens (including phenoxy) is 2. The van der Waals surface area contributed by atoms with E-state index in [1.807, 2.05) is 32.0 Å². The Balaban J connectivity index is 2.88. The van der Waals surface area contributed by atoms with E-state index in [0.29, 0.717) is 23.3 Å². The molecule has 0 bridgehead atoms. The van der Waals surface area contributed by atoms with Crippen molar-refractivity contribution in [1.82, 2.24) is 0 Å². The summed E-state index contributed by atoms with van der Waals surface area (Å²) < 4.78 is 10.8. The normalized spacial score (nSPS) is 10.7. The Morgan fingerprint density at radius 2 is 1.95 bits per heavy atom. The van der Waals surface area contributed by atoms with E-state index >= 15 is 0 Å². The van der Waals surface area contributed by atoms with E-state index in [2.05, 4.69) is 0 Å². The predicted octanol–water partition coefficient (Wildman–Crippen LogP) is 3.74. The number of hydrogen-bond acceptors (Lipinski definition) is 4. The van der Waals surface area contributed by atoms with Gasteiger partial charge in [0.2, 0.25) is 0 Å². The lowest BCUT2D eigenvalue weighted by molar-refractivity contribution is -0.131. The predicted molar refractivity (Wildman–Crippen MR) is 82.2 cm³/mol. The van der Waals surface area contributed by atoms with Crippen LogP contribution >= 0.6 is 0 Å². The molecule has 0 aromatic heterocycles. The zero-order chi connectivity index (χ0) is 15.6. The molecule has 0 amide bonds. The lowest BCUT2D eigenvalue weighted by Gasteiger charge is -2.18. The summed E-state index contributed by atoms with van der Waals surface area (Å²) in [5.74, 6) is 0.567. The smallest absolute Gasteiger partial charge is 0.308 e. The largest absolute Gasteiger partial charge is 0.504 e. The SMILES string of the molecule is CCCc1c(OC)c(O)c2ccc(C)cc2c1OC(C)=O. The Hall–Kier alpha value is -2.23. The van der Waals surface area contributed by atoms with Gasteiger partial charge in [0, 0.05) is 23.3 Å². The van der Waals surface area contributed by atoms with E-state index in [1.165, 1.54) is 14.0 Å². The number of benzene rings is 2. The van der Waals surface area contributed by atoms with Gasteiger partial charge in [0.25, 0.3) is 0 Å². The van der Waals surface area contributed by atoms with E-state index in [1.54, 1.807) is 0 Å². The first kappa shape index (κ1) is 15.2. The van der Waals surface area contributed by atoms with Crippen LogP contribution in [0.3, 0.4) is 0 Å². The zero-order valence-corrected chi connectivity index (χ0v) is 12.8. The van der Waals surface area contributed by atoms with Crippen molar-refractivity contribution < 1.29 is 19.4 Å². The average Bonchev–Trinajstić information content (AvgIpc) is 2.43. The third kappa shape index (κ3) is 2.79. The zero-order valence-electron chi connectivity index (χ0n) is 12.8. The fraction of sp³-hybridized carbons (Fsp3) is 0.353. The molecule has 4 heteroatoms. The monoisotopic (exact) mass is 288 g/mol. The summed E-state index contributed by atoms with van der Waals surface area (Å²) in [5.41, 5.74) is 1.76. The van der Waals surface area contributed by atoms with E-state index in [9.17, 15) is 9.90 Å². The first-order valence-corrected chi connectivity index (χ1v) is 7.00. The molecule has 0 heterocycles. The van der Waals surface area contributed by atoms with Crippen LogP contribution in [0.15, 0.2) is 18.2 Å². The maximum Gasteiger partial charge on any atom is 0.308 e. The lowest BCUT2D eigenvalue weighted by Crippen LogP contribution is -2.06. The quantitative estimate of drug-likeness (QED) is 0.688. The molecule has 0 aliphatic heterocycles. The maximum atomic E-state index is 11.5. The first-order chi connectivity index (χ1) is 9.99. The Kier molecular flexibility index (Phi) is 4.36. The highest BCUT2D eigenvalue weighted by Gasteiger charge is 2.21. The topological polar surface area (TPSA) is 55.8 Å². The van der Waals surface area contributed by atoms with Crippen LogP contribution < -0.4 is 9.47 Å². The average molecular weight is 288 g/mol. The van der Waals surface area contributed by atoms with Crippen molar-refractivity contribution in [2.75, 3.05) is 7.11 Å². The number of aromatic hydroxyl groups is 1. The van der Waals surface area contributed by atoms with Gasteiger partial charge in [0.15, 0.2) is 11.5 Å². The summed E-state index contributed by atoms with van der Waals surface area (Å²) in [6, 6.07) is 5.62. The van der Waals surface area contributed by atoms with Crippen molar-refractivity contribution in [2.24, 2.45) is 0 Å². The summed E-state index contributed by atoms with van der Waals surface area (Å²) in [4.78, 5) is 11.5. The second-order valence-electron chi connectivity index (χ2n) is 5.08. The van der Waals surface area contributed by atoms with Crippen molar-refractivity contribution >= 4 is 16.7 Å². The number of phenolic OH excluding ortho intramolecular Hbond substituents is 1. The second-order valence-corrected chi connectivity index (χ2v) is 5.08. The third-order valence-electron chi connectivity index (χ3n) is 3.39. The van der Waals surface area contributed by atoms with Gasteiger partial charge in [-0.1, -0.05) is 31.0 Å². The molecule has 0 aliphatic carbocycles. The number of phenols is 1. The van der Waals surface area contributed by atoms with Gasteiger partial charge in [0.05, 0.1) is 7.11 Å². The van der Waals surface area contributed by atoms with Crippen LogP contribution in [0.5, 0.6) is 17.2 Å². The molecule has 2 aromatic carbocycles. The molecule has 0 fully saturated rings. The number of fused-ring (bicyclic) bond motifs is 1. The van der Waals surface area contributed by atoms with Crippen LogP contribution in [-0.4, -0.2) is 18.2 Å². The molecule has 4 nitrogen and oxygen atoms in total.